The van der Waals surface area contributed by atoms with Crippen LogP contribution in [0.2, 0.25) is 0 Å². The lowest BCUT2D eigenvalue weighted by Crippen LogP contribution is -2.12. The van der Waals surface area contributed by atoms with Crippen molar-refractivity contribution in [2.24, 2.45) is 18.9 Å². The molecule has 0 N–H and O–H groups in total. The van der Waals surface area contributed by atoms with Gasteiger partial charge in [0.15, 0.2) is 5.82 Å². The van der Waals surface area contributed by atoms with E-state index in [9.17, 15) is 0 Å². The molecule has 2 aliphatic rings. The van der Waals surface area contributed by atoms with Crippen molar-refractivity contribution in [2.75, 3.05) is 0 Å². The molecular weight excluding hydrogens is 188 g/mol. The Kier molecular flexibility index (Phi) is 2.22. The fraction of sp³-hybridized carbons (Fsp3) is 0.909. The summed E-state index contributed by atoms with van der Waals surface area (Å²) in [5, 5.41) is 12.4. The molecular formula is C11H18N4. The Bertz CT molecular complexity index is 332. The molecule has 0 radical (unpaired) electrons. The van der Waals surface area contributed by atoms with Crippen LogP contribution in [0, 0.1) is 11.8 Å². The molecule has 1 aromatic heterocycles. The summed E-state index contributed by atoms with van der Waals surface area (Å²) in [6.07, 6.45) is 8.33. The van der Waals surface area contributed by atoms with Crippen molar-refractivity contribution in [3.63, 3.8) is 0 Å². The lowest BCUT2D eigenvalue weighted by Gasteiger charge is -2.24. The molecule has 82 valence electrons. The Hall–Kier alpha value is -0.930. The maximum absolute atomic E-state index is 4.35. The average Bonchev–Trinajstić information content (AvgIpc) is 2.82. The Morgan fingerprint density at radius 2 is 1.80 bits per heavy atom. The molecule has 2 aliphatic carbocycles. The van der Waals surface area contributed by atoms with E-state index in [4.69, 9.17) is 0 Å². The summed E-state index contributed by atoms with van der Waals surface area (Å²) in [7, 11) is 1.85. The number of aromatic nitrogens is 4. The summed E-state index contributed by atoms with van der Waals surface area (Å²) in [6.45, 7) is 0. The highest BCUT2D eigenvalue weighted by Crippen LogP contribution is 2.48. The van der Waals surface area contributed by atoms with E-state index in [1.54, 1.807) is 4.80 Å². The molecule has 0 aromatic carbocycles. The van der Waals surface area contributed by atoms with Crippen molar-refractivity contribution in [3.8, 4) is 0 Å². The topological polar surface area (TPSA) is 43.6 Å². The molecule has 0 bridgehead atoms. The van der Waals surface area contributed by atoms with E-state index in [0.29, 0.717) is 5.92 Å². The van der Waals surface area contributed by atoms with Gasteiger partial charge in [0.1, 0.15) is 0 Å². The minimum atomic E-state index is 0.590. The van der Waals surface area contributed by atoms with E-state index >= 15 is 0 Å². The summed E-state index contributed by atoms with van der Waals surface area (Å²) in [5.41, 5.74) is 0. The van der Waals surface area contributed by atoms with Crippen LogP contribution < -0.4 is 0 Å². The molecule has 0 saturated heterocycles. The van der Waals surface area contributed by atoms with Gasteiger partial charge in [-0.1, -0.05) is 25.7 Å². The highest BCUT2D eigenvalue weighted by Gasteiger charge is 2.37. The van der Waals surface area contributed by atoms with Crippen LogP contribution in [0.5, 0.6) is 0 Å². The molecule has 4 heteroatoms. The van der Waals surface area contributed by atoms with Crippen molar-refractivity contribution in [1.82, 2.24) is 20.2 Å². The van der Waals surface area contributed by atoms with Crippen LogP contribution in [0.4, 0.5) is 0 Å². The van der Waals surface area contributed by atoms with E-state index in [-0.39, 0.29) is 0 Å². The summed E-state index contributed by atoms with van der Waals surface area (Å²) < 4.78 is 0. The van der Waals surface area contributed by atoms with Crippen LogP contribution in [-0.4, -0.2) is 20.2 Å². The summed E-state index contributed by atoms with van der Waals surface area (Å²) in [6, 6.07) is 0. The number of aryl methyl sites for hydroxylation is 1. The SMILES string of the molecule is Cn1nnc(C2CC3CCCCC3C2)n1. The van der Waals surface area contributed by atoms with E-state index in [1.807, 2.05) is 7.05 Å². The first kappa shape index (κ1) is 9.31. The van der Waals surface area contributed by atoms with Gasteiger partial charge in [0, 0.05) is 5.92 Å². The van der Waals surface area contributed by atoms with Crippen LogP contribution in [0.25, 0.3) is 0 Å². The highest BCUT2D eigenvalue weighted by molar-refractivity contribution is 5.00. The number of rotatable bonds is 1. The average molecular weight is 206 g/mol. The quantitative estimate of drug-likeness (QED) is 0.704. The van der Waals surface area contributed by atoms with Gasteiger partial charge in [-0.15, -0.1) is 10.2 Å². The van der Waals surface area contributed by atoms with E-state index in [1.165, 1.54) is 38.5 Å². The van der Waals surface area contributed by atoms with Gasteiger partial charge in [-0.2, -0.15) is 4.80 Å². The van der Waals surface area contributed by atoms with Gasteiger partial charge in [0.2, 0.25) is 0 Å². The standard InChI is InChI=1S/C11H18N4/c1-15-13-11(12-14-15)10-6-8-4-2-3-5-9(8)7-10/h8-10H,2-7H2,1H3. The smallest absolute Gasteiger partial charge is 0.167 e. The van der Waals surface area contributed by atoms with Crippen LogP contribution in [0.1, 0.15) is 50.3 Å². The monoisotopic (exact) mass is 206 g/mol. The van der Waals surface area contributed by atoms with Crippen molar-refractivity contribution in [3.05, 3.63) is 5.82 Å². The van der Waals surface area contributed by atoms with Crippen LogP contribution in [-0.2, 0) is 7.05 Å². The van der Waals surface area contributed by atoms with E-state index < -0.39 is 0 Å². The fourth-order valence-electron chi connectivity index (χ4n) is 3.41. The third-order valence-electron chi connectivity index (χ3n) is 4.13. The zero-order valence-corrected chi connectivity index (χ0v) is 9.26. The maximum atomic E-state index is 4.35. The Labute approximate surface area is 90.1 Å². The third-order valence-corrected chi connectivity index (χ3v) is 4.13. The largest absolute Gasteiger partial charge is 0.177 e. The van der Waals surface area contributed by atoms with Gasteiger partial charge >= 0.3 is 0 Å². The van der Waals surface area contributed by atoms with Gasteiger partial charge in [0.05, 0.1) is 7.05 Å². The summed E-state index contributed by atoms with van der Waals surface area (Å²) in [5.74, 6) is 3.47. The lowest BCUT2D eigenvalue weighted by molar-refractivity contribution is 0.277. The second-order valence-corrected chi connectivity index (χ2v) is 5.11. The Balaban J connectivity index is 1.74. The molecule has 3 rings (SSSR count). The highest BCUT2D eigenvalue weighted by atomic mass is 15.6. The molecule has 1 aromatic rings. The van der Waals surface area contributed by atoms with Crippen molar-refractivity contribution in [1.29, 1.82) is 0 Å². The lowest BCUT2D eigenvalue weighted by atomic mass is 9.82. The van der Waals surface area contributed by atoms with Crippen LogP contribution >= 0.6 is 0 Å². The molecule has 15 heavy (non-hydrogen) atoms. The molecule has 2 saturated carbocycles. The summed E-state index contributed by atoms with van der Waals surface area (Å²) >= 11 is 0. The van der Waals surface area contributed by atoms with Crippen molar-refractivity contribution in [2.45, 2.75) is 44.4 Å². The fourth-order valence-corrected chi connectivity index (χ4v) is 3.41. The van der Waals surface area contributed by atoms with Crippen LogP contribution in [0.3, 0.4) is 0 Å². The molecule has 4 nitrogen and oxygen atoms in total. The Morgan fingerprint density at radius 3 is 2.33 bits per heavy atom. The molecule has 0 aliphatic heterocycles. The first-order chi connectivity index (χ1) is 7.33. The number of nitrogens with zero attached hydrogens (tertiary/aromatic N) is 4. The van der Waals surface area contributed by atoms with Gasteiger partial charge in [-0.25, -0.2) is 0 Å². The first-order valence-corrected chi connectivity index (χ1v) is 6.07. The maximum Gasteiger partial charge on any atom is 0.177 e. The molecule has 2 unspecified atom stereocenters. The normalized spacial score (nSPS) is 35.4. The van der Waals surface area contributed by atoms with Crippen molar-refractivity contribution < 1.29 is 0 Å². The molecule has 2 atom stereocenters. The first-order valence-electron chi connectivity index (χ1n) is 6.07. The number of tetrazole rings is 1. The second kappa shape index (κ2) is 3.58. The van der Waals surface area contributed by atoms with Crippen molar-refractivity contribution >= 4 is 0 Å². The molecule has 0 spiro atoms. The zero-order valence-electron chi connectivity index (χ0n) is 9.26. The molecule has 0 amide bonds. The van der Waals surface area contributed by atoms with E-state index in [2.05, 4.69) is 15.4 Å². The number of fused-ring (bicyclic) bond motifs is 1. The molecule has 2 fully saturated rings. The minimum Gasteiger partial charge on any atom is -0.167 e. The predicted molar refractivity (Wildman–Crippen MR) is 56.2 cm³/mol. The minimum absolute atomic E-state index is 0.590. The van der Waals surface area contributed by atoms with E-state index in [0.717, 1.165) is 17.7 Å². The number of hydrogen-bond acceptors (Lipinski definition) is 3. The van der Waals surface area contributed by atoms with Gasteiger partial charge in [-0.3, -0.25) is 0 Å². The second-order valence-electron chi connectivity index (χ2n) is 5.11. The zero-order chi connectivity index (χ0) is 10.3. The van der Waals surface area contributed by atoms with Gasteiger partial charge in [0.25, 0.3) is 0 Å². The van der Waals surface area contributed by atoms with Gasteiger partial charge < -0.3 is 0 Å². The number of hydrogen-bond donors (Lipinski definition) is 0. The third kappa shape index (κ3) is 1.66. The molecule has 1 heterocycles. The van der Waals surface area contributed by atoms with Crippen LogP contribution in [0.15, 0.2) is 0 Å². The van der Waals surface area contributed by atoms with Gasteiger partial charge in [-0.05, 0) is 29.9 Å². The summed E-state index contributed by atoms with van der Waals surface area (Å²) in [4.78, 5) is 1.58. The predicted octanol–water partition coefficient (Wildman–Crippen LogP) is 1.89. The Morgan fingerprint density at radius 1 is 1.13 bits per heavy atom.